The molecule has 0 spiro atoms. The Hall–Kier alpha value is -1.69. The van der Waals surface area contributed by atoms with E-state index in [2.05, 4.69) is 15.3 Å². The average Bonchev–Trinajstić information content (AvgIpc) is 2.37. The van der Waals surface area contributed by atoms with Crippen molar-refractivity contribution in [2.24, 2.45) is 0 Å². The molecule has 0 aliphatic carbocycles. The molecule has 0 aromatic carbocycles. The highest BCUT2D eigenvalue weighted by Gasteiger charge is 2.09. The van der Waals surface area contributed by atoms with Crippen LogP contribution in [0.15, 0.2) is 4.79 Å². The van der Waals surface area contributed by atoms with Crippen LogP contribution in [-0.2, 0) is 11.2 Å². The minimum absolute atomic E-state index is 0.118. The summed E-state index contributed by atoms with van der Waals surface area (Å²) >= 11 is 0. The van der Waals surface area contributed by atoms with Gasteiger partial charge in [-0.1, -0.05) is 6.92 Å². The zero-order chi connectivity index (χ0) is 15.1. The monoisotopic (exact) mass is 281 g/mol. The van der Waals surface area contributed by atoms with Crippen molar-refractivity contribution in [3.63, 3.8) is 0 Å². The number of carbonyl (C=O) groups excluding carboxylic acids is 1. The number of nitrogens with zero attached hydrogens (tertiary/aromatic N) is 1. The molecule has 0 aliphatic heterocycles. The Labute approximate surface area is 118 Å². The zero-order valence-corrected chi connectivity index (χ0v) is 12.3. The van der Waals surface area contributed by atoms with Gasteiger partial charge < -0.3 is 15.4 Å². The molecule has 6 nitrogen and oxygen atoms in total. The molecule has 112 valence electrons. The molecule has 0 fully saturated rings. The standard InChI is InChI=1S/C14H23N3O3/c1-4-11(18)7-8-15-13(19)6-5-12-9(2)16-10(3)17-14(12)20/h11,18H,4-8H2,1-3H3,(H,15,19)(H,16,17,20). The van der Waals surface area contributed by atoms with Crippen molar-refractivity contribution in [1.29, 1.82) is 0 Å². The van der Waals surface area contributed by atoms with Crippen molar-refractivity contribution in [2.75, 3.05) is 6.54 Å². The molecule has 6 heteroatoms. The van der Waals surface area contributed by atoms with Gasteiger partial charge in [-0.3, -0.25) is 9.59 Å². The number of carbonyl (C=O) groups is 1. The van der Waals surface area contributed by atoms with Crippen LogP contribution in [-0.4, -0.2) is 33.6 Å². The summed E-state index contributed by atoms with van der Waals surface area (Å²) in [5.41, 5.74) is 1.05. The first-order valence-electron chi connectivity index (χ1n) is 6.95. The second-order valence-electron chi connectivity index (χ2n) is 4.92. The number of rotatable bonds is 7. The van der Waals surface area contributed by atoms with E-state index in [4.69, 9.17) is 0 Å². The SMILES string of the molecule is CCC(O)CCNC(=O)CCc1c(C)nc(C)[nH]c1=O. The molecule has 1 amide bonds. The number of aliphatic hydroxyl groups is 1. The number of aryl methyl sites for hydroxylation is 2. The number of aromatic amines is 1. The van der Waals surface area contributed by atoms with Crippen LogP contribution in [0, 0.1) is 13.8 Å². The maximum Gasteiger partial charge on any atom is 0.254 e. The van der Waals surface area contributed by atoms with Crippen molar-refractivity contribution >= 4 is 5.91 Å². The summed E-state index contributed by atoms with van der Waals surface area (Å²) in [6, 6.07) is 0. The maximum atomic E-state index is 11.8. The normalized spacial score (nSPS) is 12.2. The third kappa shape index (κ3) is 5.13. The molecule has 1 aromatic heterocycles. The quantitative estimate of drug-likeness (QED) is 0.682. The summed E-state index contributed by atoms with van der Waals surface area (Å²) in [5.74, 6) is 0.460. The van der Waals surface area contributed by atoms with Gasteiger partial charge in [0.1, 0.15) is 5.82 Å². The first-order valence-corrected chi connectivity index (χ1v) is 6.95. The number of nitrogens with one attached hydrogen (secondary N) is 2. The lowest BCUT2D eigenvalue weighted by molar-refractivity contribution is -0.121. The van der Waals surface area contributed by atoms with Crippen LogP contribution < -0.4 is 10.9 Å². The van der Waals surface area contributed by atoms with E-state index < -0.39 is 0 Å². The van der Waals surface area contributed by atoms with Crippen LogP contribution in [0.1, 0.15) is 43.3 Å². The summed E-state index contributed by atoms with van der Waals surface area (Å²) in [6.45, 7) is 5.85. The van der Waals surface area contributed by atoms with E-state index in [9.17, 15) is 14.7 Å². The molecule has 0 bridgehead atoms. The van der Waals surface area contributed by atoms with Crippen molar-refractivity contribution in [2.45, 2.75) is 52.6 Å². The van der Waals surface area contributed by atoms with E-state index in [-0.39, 0.29) is 24.0 Å². The smallest absolute Gasteiger partial charge is 0.254 e. The summed E-state index contributed by atoms with van der Waals surface area (Å²) in [5, 5.41) is 12.1. The molecule has 0 saturated carbocycles. The second kappa shape index (κ2) is 7.79. The number of aromatic nitrogens is 2. The van der Waals surface area contributed by atoms with Gasteiger partial charge in [0.05, 0.1) is 6.10 Å². The lowest BCUT2D eigenvalue weighted by Gasteiger charge is -2.09. The molecule has 3 N–H and O–H groups in total. The molecule has 0 radical (unpaired) electrons. The van der Waals surface area contributed by atoms with Crippen molar-refractivity contribution in [3.8, 4) is 0 Å². The Balaban J connectivity index is 2.44. The molecule has 1 unspecified atom stereocenters. The predicted octanol–water partition coefficient (Wildman–Crippen LogP) is 0.597. The summed E-state index contributed by atoms with van der Waals surface area (Å²) < 4.78 is 0. The number of hydrogen-bond acceptors (Lipinski definition) is 4. The van der Waals surface area contributed by atoms with Crippen molar-refractivity contribution in [3.05, 3.63) is 27.4 Å². The minimum Gasteiger partial charge on any atom is -0.393 e. The first-order chi connectivity index (χ1) is 9.43. The van der Waals surface area contributed by atoms with Gasteiger partial charge in [-0.15, -0.1) is 0 Å². The van der Waals surface area contributed by atoms with Crippen LogP contribution in [0.5, 0.6) is 0 Å². The van der Waals surface area contributed by atoms with Gasteiger partial charge in [-0.25, -0.2) is 4.98 Å². The Morgan fingerprint density at radius 3 is 2.75 bits per heavy atom. The molecule has 1 rings (SSSR count). The summed E-state index contributed by atoms with van der Waals surface area (Å²) in [6.07, 6.45) is 1.47. The van der Waals surface area contributed by atoms with Gasteiger partial charge in [0, 0.05) is 24.2 Å². The maximum absolute atomic E-state index is 11.8. The third-order valence-electron chi connectivity index (χ3n) is 3.21. The fourth-order valence-electron chi connectivity index (χ4n) is 1.95. The van der Waals surface area contributed by atoms with Crippen LogP contribution in [0.25, 0.3) is 0 Å². The molecule has 1 heterocycles. The average molecular weight is 281 g/mol. The summed E-state index contributed by atoms with van der Waals surface area (Å²) in [4.78, 5) is 30.2. The number of amides is 1. The molecular formula is C14H23N3O3. The molecule has 20 heavy (non-hydrogen) atoms. The lowest BCUT2D eigenvalue weighted by atomic mass is 10.1. The minimum atomic E-state index is -0.373. The van der Waals surface area contributed by atoms with E-state index in [1.54, 1.807) is 13.8 Å². The Bertz CT molecular complexity index is 511. The van der Waals surface area contributed by atoms with Gasteiger partial charge >= 0.3 is 0 Å². The fourth-order valence-corrected chi connectivity index (χ4v) is 1.95. The summed E-state index contributed by atoms with van der Waals surface area (Å²) in [7, 11) is 0. The number of hydrogen-bond donors (Lipinski definition) is 3. The van der Waals surface area contributed by atoms with E-state index >= 15 is 0 Å². The van der Waals surface area contributed by atoms with Crippen molar-refractivity contribution in [1.82, 2.24) is 15.3 Å². The third-order valence-corrected chi connectivity index (χ3v) is 3.21. The van der Waals surface area contributed by atoms with E-state index in [0.717, 1.165) is 0 Å². The predicted molar refractivity (Wildman–Crippen MR) is 76.6 cm³/mol. The topological polar surface area (TPSA) is 95.1 Å². The highest BCUT2D eigenvalue weighted by Crippen LogP contribution is 2.02. The molecule has 0 saturated heterocycles. The molecule has 1 atom stereocenters. The lowest BCUT2D eigenvalue weighted by Crippen LogP contribution is -2.28. The fraction of sp³-hybridized carbons (Fsp3) is 0.643. The van der Waals surface area contributed by atoms with Gasteiger partial charge in [-0.05, 0) is 33.1 Å². The van der Waals surface area contributed by atoms with E-state index in [0.29, 0.717) is 42.9 Å². The van der Waals surface area contributed by atoms with Crippen LogP contribution in [0.2, 0.25) is 0 Å². The highest BCUT2D eigenvalue weighted by atomic mass is 16.3. The van der Waals surface area contributed by atoms with Crippen LogP contribution in [0.3, 0.4) is 0 Å². The molecule has 1 aromatic rings. The van der Waals surface area contributed by atoms with Gasteiger partial charge in [0.2, 0.25) is 5.91 Å². The van der Waals surface area contributed by atoms with E-state index in [1.807, 2.05) is 6.92 Å². The Kier molecular flexibility index (Phi) is 6.38. The largest absolute Gasteiger partial charge is 0.393 e. The number of H-pyrrole nitrogens is 1. The Morgan fingerprint density at radius 2 is 2.15 bits per heavy atom. The van der Waals surface area contributed by atoms with Crippen LogP contribution in [0.4, 0.5) is 0 Å². The van der Waals surface area contributed by atoms with E-state index in [1.165, 1.54) is 0 Å². The molecular weight excluding hydrogens is 258 g/mol. The van der Waals surface area contributed by atoms with Gasteiger partial charge in [0.15, 0.2) is 0 Å². The second-order valence-corrected chi connectivity index (χ2v) is 4.92. The van der Waals surface area contributed by atoms with Gasteiger partial charge in [0.25, 0.3) is 5.56 Å². The zero-order valence-electron chi connectivity index (χ0n) is 12.3. The highest BCUT2D eigenvalue weighted by molar-refractivity contribution is 5.76. The number of aliphatic hydroxyl groups excluding tert-OH is 1. The first kappa shape index (κ1) is 16.4. The van der Waals surface area contributed by atoms with Crippen molar-refractivity contribution < 1.29 is 9.90 Å². The molecule has 0 aliphatic rings. The Morgan fingerprint density at radius 1 is 1.45 bits per heavy atom. The van der Waals surface area contributed by atoms with Crippen LogP contribution >= 0.6 is 0 Å². The van der Waals surface area contributed by atoms with Gasteiger partial charge in [-0.2, -0.15) is 0 Å².